The van der Waals surface area contributed by atoms with Crippen molar-refractivity contribution in [3.63, 3.8) is 0 Å². The van der Waals surface area contributed by atoms with E-state index in [1.165, 1.54) is 11.6 Å². The van der Waals surface area contributed by atoms with Crippen LogP contribution in [0.25, 0.3) is 10.8 Å². The highest BCUT2D eigenvalue weighted by atomic mass is 16.2. The third kappa shape index (κ3) is 4.01. The smallest absolute Gasteiger partial charge is 0.276 e. The van der Waals surface area contributed by atoms with Gasteiger partial charge in [-0.25, -0.2) is 4.68 Å². The molecule has 0 aliphatic heterocycles. The van der Waals surface area contributed by atoms with E-state index in [0.29, 0.717) is 28.6 Å². The Labute approximate surface area is 163 Å². The standard InChI is InChI=1S/C22H23N3O3/c1-3-4-9-14-25-22(28)18-12-6-5-11-17(18)20(24-25)21(27)23-19-13-8-7-10-16(19)15(2)26/h5-8,10-13H,3-4,9,14H2,1-2H3,(H,23,27). The molecule has 1 amide bonds. The van der Waals surface area contributed by atoms with E-state index >= 15 is 0 Å². The van der Waals surface area contributed by atoms with Gasteiger partial charge in [0, 0.05) is 17.5 Å². The van der Waals surface area contributed by atoms with Crippen LogP contribution in [0.4, 0.5) is 5.69 Å². The van der Waals surface area contributed by atoms with Gasteiger partial charge in [0.1, 0.15) is 0 Å². The molecule has 3 aromatic rings. The molecule has 0 saturated carbocycles. The van der Waals surface area contributed by atoms with Crippen molar-refractivity contribution in [2.45, 2.75) is 39.7 Å². The zero-order valence-electron chi connectivity index (χ0n) is 16.1. The number of benzene rings is 2. The van der Waals surface area contributed by atoms with Crippen molar-refractivity contribution in [2.24, 2.45) is 0 Å². The normalized spacial score (nSPS) is 10.8. The molecule has 1 heterocycles. The Morgan fingerprint density at radius 3 is 2.39 bits per heavy atom. The molecule has 28 heavy (non-hydrogen) atoms. The van der Waals surface area contributed by atoms with Crippen LogP contribution in [0.1, 0.15) is 54.0 Å². The Morgan fingerprint density at radius 2 is 1.68 bits per heavy atom. The number of nitrogens with zero attached hydrogens (tertiary/aromatic N) is 2. The van der Waals surface area contributed by atoms with Crippen molar-refractivity contribution in [1.29, 1.82) is 0 Å². The molecule has 0 atom stereocenters. The number of carbonyl (C=O) groups excluding carboxylic acids is 2. The SMILES string of the molecule is CCCCCn1nc(C(=O)Nc2ccccc2C(C)=O)c2ccccc2c1=O. The molecule has 0 bridgehead atoms. The number of anilines is 1. The van der Waals surface area contributed by atoms with Gasteiger partial charge in [-0.3, -0.25) is 14.4 Å². The first-order valence-electron chi connectivity index (χ1n) is 9.44. The predicted octanol–water partition coefficient (Wildman–Crippen LogP) is 4.04. The van der Waals surface area contributed by atoms with Crippen LogP contribution < -0.4 is 10.9 Å². The molecule has 1 aromatic heterocycles. The first kappa shape index (κ1) is 19.5. The van der Waals surface area contributed by atoms with Crippen molar-refractivity contribution in [2.75, 3.05) is 5.32 Å². The molecule has 0 unspecified atom stereocenters. The highest BCUT2D eigenvalue weighted by Crippen LogP contribution is 2.19. The summed E-state index contributed by atoms with van der Waals surface area (Å²) in [5.74, 6) is -0.590. The zero-order chi connectivity index (χ0) is 20.1. The van der Waals surface area contributed by atoms with Gasteiger partial charge in [0.15, 0.2) is 11.5 Å². The fraction of sp³-hybridized carbons (Fsp3) is 0.273. The molecule has 0 spiro atoms. The van der Waals surface area contributed by atoms with Crippen molar-refractivity contribution < 1.29 is 9.59 Å². The maximum atomic E-state index is 13.0. The van der Waals surface area contributed by atoms with E-state index in [1.54, 1.807) is 48.5 Å². The second-order valence-electron chi connectivity index (χ2n) is 6.69. The van der Waals surface area contributed by atoms with Gasteiger partial charge in [0.2, 0.25) is 0 Å². The molecule has 6 nitrogen and oxygen atoms in total. The molecule has 2 aromatic carbocycles. The maximum Gasteiger partial charge on any atom is 0.276 e. The predicted molar refractivity (Wildman–Crippen MR) is 110 cm³/mol. The Bertz CT molecular complexity index is 1090. The molecular weight excluding hydrogens is 354 g/mol. The van der Waals surface area contributed by atoms with Crippen LogP contribution in [0.15, 0.2) is 53.3 Å². The first-order chi connectivity index (χ1) is 13.5. The maximum absolute atomic E-state index is 13.0. The summed E-state index contributed by atoms with van der Waals surface area (Å²) in [6, 6.07) is 13.8. The number of unbranched alkanes of at least 4 members (excludes halogenated alkanes) is 2. The second kappa shape index (κ2) is 8.61. The number of rotatable bonds is 7. The fourth-order valence-electron chi connectivity index (χ4n) is 3.15. The van der Waals surface area contributed by atoms with Crippen LogP contribution in [-0.4, -0.2) is 21.5 Å². The summed E-state index contributed by atoms with van der Waals surface area (Å²) in [7, 11) is 0. The quantitative estimate of drug-likeness (QED) is 0.498. The molecule has 0 saturated heterocycles. The van der Waals surface area contributed by atoms with Crippen molar-refractivity contribution in [3.05, 3.63) is 70.1 Å². The summed E-state index contributed by atoms with van der Waals surface area (Å²) in [6.45, 7) is 4.00. The zero-order valence-corrected chi connectivity index (χ0v) is 16.1. The van der Waals surface area contributed by atoms with Gasteiger partial charge in [0.25, 0.3) is 11.5 Å². The third-order valence-electron chi connectivity index (χ3n) is 4.61. The van der Waals surface area contributed by atoms with Gasteiger partial charge in [0.05, 0.1) is 11.1 Å². The minimum atomic E-state index is -0.450. The Hall–Kier alpha value is -3.28. The lowest BCUT2D eigenvalue weighted by Crippen LogP contribution is -2.28. The van der Waals surface area contributed by atoms with E-state index in [1.807, 2.05) is 0 Å². The van der Waals surface area contributed by atoms with Crippen molar-refractivity contribution in [1.82, 2.24) is 9.78 Å². The van der Waals surface area contributed by atoms with Gasteiger partial charge in [-0.1, -0.05) is 50.1 Å². The number of nitrogens with one attached hydrogen (secondary N) is 1. The summed E-state index contributed by atoms with van der Waals surface area (Å²) in [5, 5.41) is 8.08. The number of para-hydroxylation sites is 1. The minimum Gasteiger partial charge on any atom is -0.320 e. The molecule has 1 N–H and O–H groups in total. The van der Waals surface area contributed by atoms with Crippen molar-refractivity contribution >= 4 is 28.2 Å². The number of hydrogen-bond donors (Lipinski definition) is 1. The lowest BCUT2D eigenvalue weighted by molar-refractivity contribution is 0.101. The van der Waals surface area contributed by atoms with E-state index in [-0.39, 0.29) is 17.0 Å². The topological polar surface area (TPSA) is 81.1 Å². The van der Waals surface area contributed by atoms with Crippen molar-refractivity contribution in [3.8, 4) is 0 Å². The molecular formula is C22H23N3O3. The van der Waals surface area contributed by atoms with Crippen LogP contribution in [-0.2, 0) is 6.54 Å². The monoisotopic (exact) mass is 377 g/mol. The van der Waals surface area contributed by atoms with E-state index in [4.69, 9.17) is 0 Å². The van der Waals surface area contributed by atoms with E-state index < -0.39 is 5.91 Å². The average Bonchev–Trinajstić information content (AvgIpc) is 2.70. The first-order valence-corrected chi connectivity index (χ1v) is 9.44. The van der Waals surface area contributed by atoms with E-state index in [2.05, 4.69) is 17.3 Å². The largest absolute Gasteiger partial charge is 0.320 e. The minimum absolute atomic E-state index is 0.141. The van der Waals surface area contributed by atoms with Crippen LogP contribution >= 0.6 is 0 Å². The van der Waals surface area contributed by atoms with Gasteiger partial charge in [-0.15, -0.1) is 0 Å². The molecule has 0 fully saturated rings. The molecule has 3 rings (SSSR count). The van der Waals surface area contributed by atoms with E-state index in [0.717, 1.165) is 19.3 Å². The summed E-state index contributed by atoms with van der Waals surface area (Å²) in [5.41, 5.74) is 0.823. The lowest BCUT2D eigenvalue weighted by Gasteiger charge is -2.12. The Morgan fingerprint density at radius 1 is 1.00 bits per heavy atom. The molecule has 0 radical (unpaired) electrons. The second-order valence-corrected chi connectivity index (χ2v) is 6.69. The number of hydrogen-bond acceptors (Lipinski definition) is 4. The summed E-state index contributed by atoms with van der Waals surface area (Å²) >= 11 is 0. The van der Waals surface area contributed by atoms with E-state index in [9.17, 15) is 14.4 Å². The van der Waals surface area contributed by atoms with Gasteiger partial charge in [-0.2, -0.15) is 5.10 Å². The number of aryl methyl sites for hydroxylation is 1. The molecule has 0 aliphatic rings. The van der Waals surface area contributed by atoms with Gasteiger partial charge in [-0.05, 0) is 31.5 Å². The van der Waals surface area contributed by atoms with Crippen LogP contribution in [0.3, 0.4) is 0 Å². The van der Waals surface area contributed by atoms with Gasteiger partial charge < -0.3 is 5.32 Å². The number of carbonyl (C=O) groups is 2. The van der Waals surface area contributed by atoms with Crippen LogP contribution in [0, 0.1) is 0 Å². The number of Topliss-reactive ketones (excluding diaryl/α,β-unsaturated/α-hetero) is 1. The van der Waals surface area contributed by atoms with Crippen LogP contribution in [0.2, 0.25) is 0 Å². The highest BCUT2D eigenvalue weighted by Gasteiger charge is 2.18. The Balaban J connectivity index is 2.04. The summed E-state index contributed by atoms with van der Waals surface area (Å²) < 4.78 is 1.36. The highest BCUT2D eigenvalue weighted by molar-refractivity contribution is 6.13. The van der Waals surface area contributed by atoms with Crippen LogP contribution in [0.5, 0.6) is 0 Å². The number of fused-ring (bicyclic) bond motifs is 1. The molecule has 6 heteroatoms. The fourth-order valence-corrected chi connectivity index (χ4v) is 3.15. The third-order valence-corrected chi connectivity index (χ3v) is 4.61. The summed E-state index contributed by atoms with van der Waals surface area (Å²) in [4.78, 5) is 37.5. The Kier molecular flexibility index (Phi) is 5.99. The molecule has 144 valence electrons. The molecule has 0 aliphatic carbocycles. The number of ketones is 1. The average molecular weight is 377 g/mol. The number of amides is 1. The van der Waals surface area contributed by atoms with Gasteiger partial charge >= 0.3 is 0 Å². The lowest BCUT2D eigenvalue weighted by atomic mass is 10.1. The number of aromatic nitrogens is 2. The summed E-state index contributed by atoms with van der Waals surface area (Å²) in [6.07, 6.45) is 2.82.